The summed E-state index contributed by atoms with van der Waals surface area (Å²) >= 11 is 0. The summed E-state index contributed by atoms with van der Waals surface area (Å²) < 4.78 is 5.66. The molecule has 1 atom stereocenters. The Labute approximate surface area is 142 Å². The third-order valence-corrected chi connectivity index (χ3v) is 3.77. The molecular weight excluding hydrogens is 304 g/mol. The summed E-state index contributed by atoms with van der Waals surface area (Å²) in [7, 11) is 0. The van der Waals surface area contributed by atoms with E-state index in [4.69, 9.17) is 4.74 Å². The average Bonchev–Trinajstić information content (AvgIpc) is 2.56. The second-order valence-electron chi connectivity index (χ2n) is 5.83. The minimum atomic E-state index is -1.19. The molecule has 2 rings (SSSR count). The lowest BCUT2D eigenvalue weighted by atomic mass is 9.89. The molecule has 2 aromatic carbocycles. The highest BCUT2D eigenvalue weighted by atomic mass is 16.5. The molecular formula is C20H22O4. The van der Waals surface area contributed by atoms with Gasteiger partial charge in [0.25, 0.3) is 0 Å². The van der Waals surface area contributed by atoms with Crippen molar-refractivity contribution in [3.05, 3.63) is 83.9 Å². The zero-order chi connectivity index (χ0) is 17.4. The lowest BCUT2D eigenvalue weighted by Gasteiger charge is -2.27. The summed E-state index contributed by atoms with van der Waals surface area (Å²) in [4.78, 5) is 11.3. The first-order valence-electron chi connectivity index (χ1n) is 7.80. The number of hydrogen-bond acceptors (Lipinski definition) is 3. The summed E-state index contributed by atoms with van der Waals surface area (Å²) in [6.45, 7) is 4.17. The van der Waals surface area contributed by atoms with Gasteiger partial charge in [-0.1, -0.05) is 54.6 Å². The number of aromatic carboxylic acids is 1. The Morgan fingerprint density at radius 2 is 1.79 bits per heavy atom. The molecule has 4 nitrogen and oxygen atoms in total. The molecule has 0 radical (unpaired) electrons. The van der Waals surface area contributed by atoms with Crippen LogP contribution in [0.15, 0.2) is 67.3 Å². The Hall–Kier alpha value is -2.43. The predicted molar refractivity (Wildman–Crippen MR) is 93.0 cm³/mol. The lowest BCUT2D eigenvalue weighted by Crippen LogP contribution is -2.37. The van der Waals surface area contributed by atoms with Gasteiger partial charge in [-0.3, -0.25) is 0 Å². The Balaban J connectivity index is 2.07. The Bertz CT molecular complexity index is 681. The number of benzene rings is 2. The minimum Gasteiger partial charge on any atom is -0.478 e. The van der Waals surface area contributed by atoms with E-state index >= 15 is 0 Å². The van der Waals surface area contributed by atoms with Gasteiger partial charge in [-0.25, -0.2) is 4.79 Å². The van der Waals surface area contributed by atoms with Gasteiger partial charge in [0.1, 0.15) is 0 Å². The molecule has 0 amide bonds. The number of rotatable bonds is 9. The maximum Gasteiger partial charge on any atom is 0.335 e. The highest BCUT2D eigenvalue weighted by molar-refractivity contribution is 5.89. The van der Waals surface area contributed by atoms with E-state index in [1.165, 1.54) is 6.07 Å². The van der Waals surface area contributed by atoms with Crippen molar-refractivity contribution in [2.75, 3.05) is 6.61 Å². The first-order chi connectivity index (χ1) is 11.5. The van der Waals surface area contributed by atoms with Crippen LogP contribution in [0.3, 0.4) is 0 Å². The van der Waals surface area contributed by atoms with Crippen LogP contribution in [-0.4, -0.2) is 28.4 Å². The van der Waals surface area contributed by atoms with Gasteiger partial charge in [0.15, 0.2) is 0 Å². The fourth-order valence-electron chi connectivity index (χ4n) is 2.62. The normalized spacial score (nSPS) is 13.2. The van der Waals surface area contributed by atoms with E-state index in [1.54, 1.807) is 24.3 Å². The second-order valence-corrected chi connectivity index (χ2v) is 5.83. The summed E-state index contributed by atoms with van der Waals surface area (Å²) in [6.07, 6.45) is 2.13. The van der Waals surface area contributed by atoms with Gasteiger partial charge in [0.2, 0.25) is 0 Å². The molecule has 0 aliphatic rings. The molecule has 126 valence electrons. The zero-order valence-electron chi connectivity index (χ0n) is 13.5. The molecule has 0 spiro atoms. The minimum absolute atomic E-state index is 0.0991. The molecule has 0 aliphatic carbocycles. The number of carbonyl (C=O) groups is 1. The van der Waals surface area contributed by atoms with Crippen molar-refractivity contribution in [1.29, 1.82) is 0 Å². The Morgan fingerprint density at radius 3 is 2.46 bits per heavy atom. The third-order valence-electron chi connectivity index (χ3n) is 3.77. The van der Waals surface area contributed by atoms with E-state index in [9.17, 15) is 15.0 Å². The van der Waals surface area contributed by atoms with E-state index in [-0.39, 0.29) is 18.6 Å². The average molecular weight is 326 g/mol. The monoisotopic (exact) mass is 326 g/mol. The van der Waals surface area contributed by atoms with Crippen LogP contribution in [0, 0.1) is 0 Å². The van der Waals surface area contributed by atoms with Gasteiger partial charge in [-0.2, -0.15) is 0 Å². The zero-order valence-corrected chi connectivity index (χ0v) is 13.5. The molecule has 0 aliphatic heterocycles. The quantitative estimate of drug-likeness (QED) is 0.693. The molecule has 0 heterocycles. The Morgan fingerprint density at radius 1 is 1.12 bits per heavy atom. The first kappa shape index (κ1) is 17.9. The van der Waals surface area contributed by atoms with E-state index in [0.717, 1.165) is 5.56 Å². The number of carboxylic acid groups (broad SMARTS) is 1. The van der Waals surface area contributed by atoms with Gasteiger partial charge in [0, 0.05) is 6.42 Å². The van der Waals surface area contributed by atoms with Crippen LogP contribution in [0.2, 0.25) is 0 Å². The Kier molecular flexibility index (Phi) is 6.29. The molecule has 0 aromatic heterocycles. The summed E-state index contributed by atoms with van der Waals surface area (Å²) in [5, 5.41) is 20.1. The maximum atomic E-state index is 11.3. The molecule has 0 unspecified atom stereocenters. The smallest absolute Gasteiger partial charge is 0.335 e. The summed E-state index contributed by atoms with van der Waals surface area (Å²) in [5.74, 6) is -1.00. The van der Waals surface area contributed by atoms with E-state index in [0.29, 0.717) is 18.6 Å². The SMILES string of the molecule is C=CC[C@](O)(COCc1ccccc1)Cc1ccccc1C(=O)O. The molecule has 0 fully saturated rings. The van der Waals surface area contributed by atoms with Crippen molar-refractivity contribution >= 4 is 5.97 Å². The highest BCUT2D eigenvalue weighted by Crippen LogP contribution is 2.22. The van der Waals surface area contributed by atoms with Gasteiger partial charge in [0.05, 0.1) is 24.4 Å². The number of hydrogen-bond donors (Lipinski definition) is 2. The maximum absolute atomic E-state index is 11.3. The van der Waals surface area contributed by atoms with E-state index in [1.807, 2.05) is 30.3 Å². The molecule has 4 heteroatoms. The second kappa shape index (κ2) is 8.43. The summed E-state index contributed by atoms with van der Waals surface area (Å²) in [6, 6.07) is 16.4. The largest absolute Gasteiger partial charge is 0.478 e. The number of carboxylic acids is 1. The summed E-state index contributed by atoms with van der Waals surface area (Å²) in [5.41, 5.74) is 0.604. The van der Waals surface area contributed by atoms with Crippen LogP contribution in [0.4, 0.5) is 0 Å². The molecule has 0 bridgehead atoms. The van der Waals surface area contributed by atoms with Crippen molar-refractivity contribution in [2.45, 2.75) is 25.0 Å². The fourth-order valence-corrected chi connectivity index (χ4v) is 2.62. The third kappa shape index (κ3) is 5.05. The van der Waals surface area contributed by atoms with Crippen molar-refractivity contribution in [3.63, 3.8) is 0 Å². The van der Waals surface area contributed by atoms with Crippen LogP contribution in [0.25, 0.3) is 0 Å². The van der Waals surface area contributed by atoms with Crippen LogP contribution < -0.4 is 0 Å². The number of aliphatic hydroxyl groups is 1. The predicted octanol–water partition coefficient (Wildman–Crippen LogP) is 3.45. The lowest BCUT2D eigenvalue weighted by molar-refractivity contribution is -0.0494. The van der Waals surface area contributed by atoms with Crippen LogP contribution in [0.5, 0.6) is 0 Å². The standard InChI is InChI=1S/C20H22O4/c1-2-12-20(23,15-24-14-16-8-4-3-5-9-16)13-17-10-6-7-11-18(17)19(21)22/h2-11,23H,1,12-15H2,(H,21,22)/t20-/m1/s1. The number of ether oxygens (including phenoxy) is 1. The van der Waals surface area contributed by atoms with Crippen molar-refractivity contribution in [3.8, 4) is 0 Å². The molecule has 0 saturated heterocycles. The van der Waals surface area contributed by atoms with Crippen molar-refractivity contribution < 1.29 is 19.7 Å². The molecule has 2 N–H and O–H groups in total. The van der Waals surface area contributed by atoms with Gasteiger partial charge in [-0.15, -0.1) is 6.58 Å². The van der Waals surface area contributed by atoms with Gasteiger partial charge in [-0.05, 0) is 23.6 Å². The van der Waals surface area contributed by atoms with Crippen LogP contribution in [0.1, 0.15) is 27.9 Å². The molecule has 24 heavy (non-hydrogen) atoms. The van der Waals surface area contributed by atoms with Crippen LogP contribution >= 0.6 is 0 Å². The van der Waals surface area contributed by atoms with Gasteiger partial charge >= 0.3 is 5.97 Å². The first-order valence-corrected chi connectivity index (χ1v) is 7.80. The fraction of sp³-hybridized carbons (Fsp3) is 0.250. The van der Waals surface area contributed by atoms with Crippen LogP contribution in [-0.2, 0) is 17.8 Å². The van der Waals surface area contributed by atoms with Gasteiger partial charge < -0.3 is 14.9 Å². The molecule has 2 aromatic rings. The van der Waals surface area contributed by atoms with Crippen molar-refractivity contribution in [1.82, 2.24) is 0 Å². The van der Waals surface area contributed by atoms with E-state index < -0.39 is 11.6 Å². The van der Waals surface area contributed by atoms with E-state index in [2.05, 4.69) is 6.58 Å². The molecule has 0 saturated carbocycles. The van der Waals surface area contributed by atoms with Crippen molar-refractivity contribution in [2.24, 2.45) is 0 Å². The topological polar surface area (TPSA) is 66.8 Å². The highest BCUT2D eigenvalue weighted by Gasteiger charge is 2.28.